The van der Waals surface area contributed by atoms with Gasteiger partial charge in [-0.2, -0.15) is 4.98 Å². The lowest BCUT2D eigenvalue weighted by Crippen LogP contribution is -2.07. The van der Waals surface area contributed by atoms with Crippen molar-refractivity contribution in [3.05, 3.63) is 71.4 Å². The fourth-order valence-electron chi connectivity index (χ4n) is 2.52. The number of hydrogen-bond donors (Lipinski definition) is 0. The minimum absolute atomic E-state index is 0.338. The Morgan fingerprint density at radius 1 is 1.04 bits per heavy atom. The summed E-state index contributed by atoms with van der Waals surface area (Å²) in [5.41, 5.74) is 3.05. The molecule has 0 amide bonds. The highest BCUT2D eigenvalue weighted by atomic mass is 79.9. The van der Waals surface area contributed by atoms with Gasteiger partial charge in [0.2, 0.25) is 0 Å². The molecule has 0 aliphatic heterocycles. The van der Waals surface area contributed by atoms with Gasteiger partial charge in [-0.1, -0.05) is 12.1 Å². The smallest absolute Gasteiger partial charge is 0.318 e. The van der Waals surface area contributed by atoms with Gasteiger partial charge in [0.25, 0.3) is 0 Å². The van der Waals surface area contributed by atoms with Gasteiger partial charge in [-0.3, -0.25) is 9.55 Å². The van der Waals surface area contributed by atoms with Crippen molar-refractivity contribution in [3.63, 3.8) is 0 Å². The van der Waals surface area contributed by atoms with E-state index in [1.165, 1.54) is 0 Å². The van der Waals surface area contributed by atoms with E-state index in [1.54, 1.807) is 24.9 Å². The van der Waals surface area contributed by atoms with Gasteiger partial charge in [-0.05, 0) is 45.8 Å². The van der Waals surface area contributed by atoms with Crippen molar-refractivity contribution in [3.8, 4) is 11.8 Å². The van der Waals surface area contributed by atoms with Gasteiger partial charge in [0.15, 0.2) is 5.82 Å². The molecule has 0 saturated heterocycles. The highest BCUT2D eigenvalue weighted by Gasteiger charge is 2.11. The molecule has 0 bridgehead atoms. The molecule has 124 valence electrons. The van der Waals surface area contributed by atoms with Crippen molar-refractivity contribution in [2.75, 3.05) is 6.61 Å². The van der Waals surface area contributed by atoms with Crippen LogP contribution in [0.15, 0.2) is 65.8 Å². The summed E-state index contributed by atoms with van der Waals surface area (Å²) in [4.78, 5) is 17.2. The Bertz CT molecular complexity index is 1000. The van der Waals surface area contributed by atoms with Crippen LogP contribution in [-0.2, 0) is 6.42 Å². The highest BCUT2D eigenvalue weighted by molar-refractivity contribution is 9.10. The molecule has 0 saturated carbocycles. The van der Waals surface area contributed by atoms with E-state index in [1.807, 2.05) is 41.0 Å². The van der Waals surface area contributed by atoms with Crippen LogP contribution in [-0.4, -0.2) is 31.1 Å². The zero-order chi connectivity index (χ0) is 17.1. The molecule has 0 fully saturated rings. The fourth-order valence-corrected chi connectivity index (χ4v) is 2.90. The number of ether oxygens (including phenoxy) is 1. The van der Waals surface area contributed by atoms with E-state index >= 15 is 0 Å². The summed E-state index contributed by atoms with van der Waals surface area (Å²) in [7, 11) is 0. The SMILES string of the molecule is Brc1cnc(OCCc2ccncc2)nc1-n1cnc2ccccc21. The molecule has 25 heavy (non-hydrogen) atoms. The number of imidazole rings is 1. The summed E-state index contributed by atoms with van der Waals surface area (Å²) >= 11 is 3.51. The minimum atomic E-state index is 0.338. The van der Waals surface area contributed by atoms with Crippen LogP contribution in [0.1, 0.15) is 5.56 Å². The molecule has 3 aromatic heterocycles. The molecule has 0 aliphatic rings. The lowest BCUT2D eigenvalue weighted by molar-refractivity contribution is 0.295. The Labute approximate surface area is 152 Å². The number of pyridine rings is 1. The van der Waals surface area contributed by atoms with Gasteiger partial charge in [-0.15, -0.1) is 0 Å². The average Bonchev–Trinajstić information content (AvgIpc) is 3.08. The number of rotatable bonds is 5. The second-order valence-electron chi connectivity index (χ2n) is 5.38. The van der Waals surface area contributed by atoms with Crippen LogP contribution in [0.5, 0.6) is 6.01 Å². The van der Waals surface area contributed by atoms with Crippen LogP contribution in [0.2, 0.25) is 0 Å². The molecule has 4 aromatic rings. The Balaban J connectivity index is 1.56. The summed E-state index contributed by atoms with van der Waals surface area (Å²) in [6.07, 6.45) is 7.75. The maximum atomic E-state index is 5.72. The van der Waals surface area contributed by atoms with Crippen molar-refractivity contribution in [2.24, 2.45) is 0 Å². The first-order chi connectivity index (χ1) is 12.3. The zero-order valence-electron chi connectivity index (χ0n) is 13.2. The van der Waals surface area contributed by atoms with Crippen LogP contribution in [0.4, 0.5) is 0 Å². The van der Waals surface area contributed by atoms with Gasteiger partial charge < -0.3 is 4.74 Å². The number of halogens is 1. The molecule has 0 N–H and O–H groups in total. The molecule has 0 radical (unpaired) electrons. The van der Waals surface area contributed by atoms with E-state index in [2.05, 4.69) is 35.9 Å². The number of aromatic nitrogens is 5. The third-order valence-corrected chi connectivity index (χ3v) is 4.32. The fraction of sp³-hybridized carbons (Fsp3) is 0.111. The maximum absolute atomic E-state index is 5.72. The van der Waals surface area contributed by atoms with Crippen LogP contribution in [0.25, 0.3) is 16.9 Å². The number of para-hydroxylation sites is 2. The third-order valence-electron chi connectivity index (χ3n) is 3.76. The zero-order valence-corrected chi connectivity index (χ0v) is 14.8. The van der Waals surface area contributed by atoms with E-state index in [9.17, 15) is 0 Å². The molecule has 4 rings (SSSR count). The first-order valence-electron chi connectivity index (χ1n) is 7.78. The first kappa shape index (κ1) is 15.7. The third kappa shape index (κ3) is 3.36. The van der Waals surface area contributed by atoms with Crippen LogP contribution in [0, 0.1) is 0 Å². The molecule has 7 heteroatoms. The second-order valence-corrected chi connectivity index (χ2v) is 6.24. The lowest BCUT2D eigenvalue weighted by Gasteiger charge is -2.09. The predicted octanol–water partition coefficient (Wildman–Crippen LogP) is 3.59. The van der Waals surface area contributed by atoms with Crippen molar-refractivity contribution in [1.82, 2.24) is 24.5 Å². The van der Waals surface area contributed by atoms with Gasteiger partial charge in [0.05, 0.1) is 28.3 Å². The van der Waals surface area contributed by atoms with E-state index in [4.69, 9.17) is 4.74 Å². The normalized spacial score (nSPS) is 10.9. The Kier molecular flexibility index (Phi) is 4.39. The largest absolute Gasteiger partial charge is 0.463 e. The summed E-state index contributed by atoms with van der Waals surface area (Å²) in [6.45, 7) is 0.496. The second kappa shape index (κ2) is 6.98. The molecule has 1 aromatic carbocycles. The van der Waals surface area contributed by atoms with E-state index in [0.717, 1.165) is 27.5 Å². The number of fused-ring (bicyclic) bond motifs is 1. The van der Waals surface area contributed by atoms with Gasteiger partial charge in [0.1, 0.15) is 6.33 Å². The Morgan fingerprint density at radius 2 is 1.88 bits per heavy atom. The van der Waals surface area contributed by atoms with Gasteiger partial charge in [-0.25, -0.2) is 9.97 Å². The van der Waals surface area contributed by atoms with E-state index < -0.39 is 0 Å². The predicted molar refractivity (Wildman–Crippen MR) is 97.8 cm³/mol. The van der Waals surface area contributed by atoms with Gasteiger partial charge >= 0.3 is 6.01 Å². The van der Waals surface area contributed by atoms with Crippen molar-refractivity contribution in [2.45, 2.75) is 6.42 Å². The topological polar surface area (TPSA) is 65.7 Å². The molecular weight excluding hydrogens is 382 g/mol. The van der Waals surface area contributed by atoms with E-state index in [-0.39, 0.29) is 0 Å². The summed E-state index contributed by atoms with van der Waals surface area (Å²) in [5, 5.41) is 0. The van der Waals surface area contributed by atoms with Crippen LogP contribution < -0.4 is 4.74 Å². The lowest BCUT2D eigenvalue weighted by atomic mass is 10.2. The Morgan fingerprint density at radius 3 is 2.76 bits per heavy atom. The van der Waals surface area contributed by atoms with Crippen LogP contribution >= 0.6 is 15.9 Å². The molecule has 0 aliphatic carbocycles. The summed E-state index contributed by atoms with van der Waals surface area (Å²) in [6, 6.07) is 12.2. The average molecular weight is 396 g/mol. The molecule has 0 spiro atoms. The number of nitrogens with zero attached hydrogens (tertiary/aromatic N) is 5. The summed E-state index contributed by atoms with van der Waals surface area (Å²) in [5.74, 6) is 0.697. The maximum Gasteiger partial charge on any atom is 0.318 e. The number of hydrogen-bond acceptors (Lipinski definition) is 5. The minimum Gasteiger partial charge on any atom is -0.463 e. The standard InChI is InChI=1S/C18H14BrN5O/c19-14-11-21-18(25-10-7-13-5-8-20-9-6-13)23-17(14)24-12-22-15-3-1-2-4-16(15)24/h1-6,8-9,11-12H,7,10H2. The Hall–Kier alpha value is -2.80. The first-order valence-corrected chi connectivity index (χ1v) is 8.57. The molecular formula is C18H14BrN5O. The molecule has 3 heterocycles. The van der Waals surface area contributed by atoms with Gasteiger partial charge in [0, 0.05) is 18.8 Å². The van der Waals surface area contributed by atoms with Crippen molar-refractivity contribution < 1.29 is 4.74 Å². The molecule has 6 nitrogen and oxygen atoms in total. The monoisotopic (exact) mass is 395 g/mol. The highest BCUT2D eigenvalue weighted by Crippen LogP contribution is 2.24. The van der Waals surface area contributed by atoms with E-state index in [0.29, 0.717) is 18.4 Å². The summed E-state index contributed by atoms with van der Waals surface area (Å²) < 4.78 is 8.41. The molecule has 0 unspecified atom stereocenters. The quantitative estimate of drug-likeness (QED) is 0.516. The van der Waals surface area contributed by atoms with Crippen LogP contribution in [0.3, 0.4) is 0 Å². The van der Waals surface area contributed by atoms with Crippen molar-refractivity contribution in [1.29, 1.82) is 0 Å². The van der Waals surface area contributed by atoms with Crippen molar-refractivity contribution >= 4 is 27.0 Å². The number of benzene rings is 1. The molecule has 0 atom stereocenters.